The summed E-state index contributed by atoms with van der Waals surface area (Å²) in [7, 11) is 0. The van der Waals surface area contributed by atoms with Crippen molar-refractivity contribution in [1.82, 2.24) is 4.98 Å². The van der Waals surface area contributed by atoms with Gasteiger partial charge in [-0.25, -0.2) is 4.79 Å². The van der Waals surface area contributed by atoms with Crippen molar-refractivity contribution in [2.45, 2.75) is 0 Å². The zero-order chi connectivity index (χ0) is 7.56. The molecule has 1 heterocycles. The van der Waals surface area contributed by atoms with E-state index in [1.54, 1.807) is 0 Å². The first-order valence-electron chi connectivity index (χ1n) is 2.20. The monoisotopic (exact) mass is 223 g/mol. The van der Waals surface area contributed by atoms with Crippen LogP contribution in [0.25, 0.3) is 0 Å². The maximum Gasteiger partial charge on any atom is 0.512 e. The summed E-state index contributed by atoms with van der Waals surface area (Å²) < 4.78 is 4.82. The van der Waals surface area contributed by atoms with E-state index < -0.39 is 6.16 Å². The lowest BCUT2D eigenvalue weighted by Gasteiger charge is -1.89. The normalized spacial score (nSPS) is 9.30. The quantitative estimate of drug-likeness (QED) is 0.740. The Bertz CT molecular complexity index is 248. The highest BCUT2D eigenvalue weighted by atomic mass is 79.9. The van der Waals surface area contributed by atoms with Crippen molar-refractivity contribution in [1.29, 1.82) is 0 Å². The Morgan fingerprint density at radius 1 is 1.90 bits per heavy atom. The van der Waals surface area contributed by atoms with Crippen molar-refractivity contribution in [3.8, 4) is 5.88 Å². The van der Waals surface area contributed by atoms with Gasteiger partial charge >= 0.3 is 6.16 Å². The van der Waals surface area contributed by atoms with Crippen molar-refractivity contribution in [2.75, 3.05) is 0 Å². The maximum atomic E-state index is 9.91. The number of nitrogens with zero attached hydrogens (tertiary/aromatic N) is 1. The smallest absolute Gasteiger partial charge is 0.449 e. The van der Waals surface area contributed by atoms with Crippen LogP contribution in [0, 0.1) is 0 Å². The van der Waals surface area contributed by atoms with Crippen LogP contribution in [0.4, 0.5) is 4.79 Å². The Balaban J connectivity index is 2.67. The molecule has 0 amide bonds. The molecule has 0 aliphatic rings. The molecule has 1 rings (SSSR count). The van der Waals surface area contributed by atoms with Crippen LogP contribution in [0.5, 0.6) is 5.88 Å². The highest BCUT2D eigenvalue weighted by Crippen LogP contribution is 2.20. The molecule has 1 aromatic rings. The van der Waals surface area contributed by atoms with Gasteiger partial charge in [-0.15, -0.1) is 11.3 Å². The van der Waals surface area contributed by atoms with E-state index in [1.165, 1.54) is 16.7 Å². The molecule has 0 aliphatic heterocycles. The fourth-order valence-corrected chi connectivity index (χ4v) is 1.27. The van der Waals surface area contributed by atoms with E-state index in [0.29, 0.717) is 3.92 Å². The topological polar surface area (TPSA) is 59.4 Å². The SMILES string of the molecule is O=C(O)Oc1csc(Br)n1. The van der Waals surface area contributed by atoms with E-state index in [-0.39, 0.29) is 5.88 Å². The van der Waals surface area contributed by atoms with Crippen molar-refractivity contribution in [2.24, 2.45) is 0 Å². The molecule has 1 N–H and O–H groups in total. The van der Waals surface area contributed by atoms with Crippen LogP contribution in [0.3, 0.4) is 0 Å². The minimum absolute atomic E-state index is 0.101. The van der Waals surface area contributed by atoms with E-state index in [2.05, 4.69) is 25.7 Å². The molecule has 0 saturated heterocycles. The number of carboxylic acid groups (broad SMARTS) is 1. The van der Waals surface area contributed by atoms with Gasteiger partial charge in [0.1, 0.15) is 0 Å². The number of thiazole rings is 1. The second kappa shape index (κ2) is 2.98. The molecular formula is C4H2BrNO3S. The van der Waals surface area contributed by atoms with Crippen LogP contribution in [0.15, 0.2) is 9.30 Å². The van der Waals surface area contributed by atoms with Crippen molar-refractivity contribution in [3.05, 3.63) is 9.30 Å². The summed E-state index contributed by atoms with van der Waals surface area (Å²) in [5, 5.41) is 9.60. The molecule has 0 bridgehead atoms. The average molecular weight is 224 g/mol. The van der Waals surface area contributed by atoms with Crippen LogP contribution in [-0.2, 0) is 0 Å². The van der Waals surface area contributed by atoms with Gasteiger partial charge in [0.25, 0.3) is 0 Å². The summed E-state index contributed by atoms with van der Waals surface area (Å²) in [6.45, 7) is 0. The van der Waals surface area contributed by atoms with Gasteiger partial charge in [0.05, 0.1) is 5.38 Å². The minimum Gasteiger partial charge on any atom is -0.449 e. The summed E-state index contributed by atoms with van der Waals surface area (Å²) in [6, 6.07) is 0. The Morgan fingerprint density at radius 2 is 2.60 bits per heavy atom. The Labute approximate surface area is 68.6 Å². The van der Waals surface area contributed by atoms with Gasteiger partial charge in [0.15, 0.2) is 3.92 Å². The van der Waals surface area contributed by atoms with Gasteiger partial charge in [-0.1, -0.05) is 0 Å². The van der Waals surface area contributed by atoms with Gasteiger partial charge in [-0.3, -0.25) is 0 Å². The van der Waals surface area contributed by atoms with E-state index in [0.717, 1.165) is 0 Å². The number of aromatic nitrogens is 1. The van der Waals surface area contributed by atoms with Gasteiger partial charge in [-0.05, 0) is 15.9 Å². The van der Waals surface area contributed by atoms with Gasteiger partial charge < -0.3 is 9.84 Å². The Kier molecular flexibility index (Phi) is 2.23. The maximum absolute atomic E-state index is 9.91. The molecule has 0 radical (unpaired) electrons. The fraction of sp³-hybridized carbons (Fsp3) is 0. The predicted octanol–water partition coefficient (Wildman–Crippen LogP) is 1.96. The summed E-state index contributed by atoms with van der Waals surface area (Å²) in [6.07, 6.45) is -1.35. The third kappa shape index (κ3) is 1.96. The largest absolute Gasteiger partial charge is 0.512 e. The molecule has 1 aromatic heterocycles. The van der Waals surface area contributed by atoms with Crippen LogP contribution in [-0.4, -0.2) is 16.2 Å². The molecule has 6 heteroatoms. The van der Waals surface area contributed by atoms with E-state index in [9.17, 15) is 4.79 Å². The van der Waals surface area contributed by atoms with Crippen molar-refractivity contribution in [3.63, 3.8) is 0 Å². The summed E-state index contributed by atoms with van der Waals surface area (Å²) in [4.78, 5) is 13.6. The molecule has 54 valence electrons. The first-order chi connectivity index (χ1) is 4.68. The zero-order valence-corrected chi connectivity index (χ0v) is 6.98. The third-order valence-corrected chi connectivity index (χ3v) is 1.99. The first-order valence-corrected chi connectivity index (χ1v) is 3.87. The summed E-state index contributed by atoms with van der Waals surface area (Å²) in [5.41, 5.74) is 0. The number of ether oxygens (including phenoxy) is 1. The van der Waals surface area contributed by atoms with E-state index >= 15 is 0 Å². The molecule has 0 fully saturated rings. The zero-order valence-electron chi connectivity index (χ0n) is 4.57. The van der Waals surface area contributed by atoms with E-state index in [1.807, 2.05) is 0 Å². The second-order valence-electron chi connectivity index (χ2n) is 1.31. The molecule has 10 heavy (non-hydrogen) atoms. The standard InChI is InChI=1S/C4H2BrNO3S/c5-3-6-2(1-10-3)9-4(7)8/h1H,(H,7,8). The molecule has 0 aromatic carbocycles. The van der Waals surface area contributed by atoms with E-state index in [4.69, 9.17) is 5.11 Å². The average Bonchev–Trinajstić information content (AvgIpc) is 2.13. The molecule has 0 atom stereocenters. The number of hydrogen-bond acceptors (Lipinski definition) is 4. The Morgan fingerprint density at radius 3 is 3.00 bits per heavy atom. The minimum atomic E-state index is -1.35. The molecule has 0 unspecified atom stereocenters. The second-order valence-corrected chi connectivity index (χ2v) is 3.44. The predicted molar refractivity (Wildman–Crippen MR) is 38.5 cm³/mol. The van der Waals surface area contributed by atoms with Crippen molar-refractivity contribution >= 4 is 33.4 Å². The highest BCUT2D eigenvalue weighted by molar-refractivity contribution is 9.11. The molecule has 4 nitrogen and oxygen atoms in total. The lowest BCUT2D eigenvalue weighted by atomic mass is 10.9. The fourth-order valence-electron chi connectivity index (χ4n) is 0.375. The Hall–Kier alpha value is -0.620. The summed E-state index contributed by atoms with van der Waals surface area (Å²) in [5.74, 6) is 0.101. The van der Waals surface area contributed by atoms with Gasteiger partial charge in [0.2, 0.25) is 5.88 Å². The molecular weight excluding hydrogens is 222 g/mol. The molecule has 0 aliphatic carbocycles. The van der Waals surface area contributed by atoms with Crippen LogP contribution < -0.4 is 4.74 Å². The number of halogens is 1. The lowest BCUT2D eigenvalue weighted by Crippen LogP contribution is -2.02. The number of rotatable bonds is 1. The third-order valence-electron chi connectivity index (χ3n) is 0.647. The van der Waals surface area contributed by atoms with Crippen molar-refractivity contribution < 1.29 is 14.6 Å². The highest BCUT2D eigenvalue weighted by Gasteiger charge is 2.03. The lowest BCUT2D eigenvalue weighted by molar-refractivity contribution is 0.143. The van der Waals surface area contributed by atoms with Crippen LogP contribution in [0.1, 0.15) is 0 Å². The van der Waals surface area contributed by atoms with Gasteiger partial charge in [-0.2, -0.15) is 4.98 Å². The molecule has 0 saturated carbocycles. The number of hydrogen-bond donors (Lipinski definition) is 1. The number of carbonyl (C=O) groups is 1. The summed E-state index contributed by atoms with van der Waals surface area (Å²) >= 11 is 4.32. The van der Waals surface area contributed by atoms with Crippen LogP contribution >= 0.6 is 27.3 Å². The van der Waals surface area contributed by atoms with Gasteiger partial charge in [0, 0.05) is 0 Å². The van der Waals surface area contributed by atoms with Crippen LogP contribution in [0.2, 0.25) is 0 Å². The molecule has 0 spiro atoms. The first kappa shape index (κ1) is 7.49.